The number of anilines is 1. The number of aliphatic imine (C=N–C) groups is 2. The smallest absolute Gasteiger partial charge is 0.160 e. The van der Waals surface area contributed by atoms with Crippen LogP contribution in [-0.4, -0.2) is 11.5 Å². The first-order valence-electron chi connectivity index (χ1n) is 20.2. The standard InChI is InChI=1S/C56H45N3/c1-39(41-19-8-4-9-20-41)57-55(46-23-12-6-13-24-46)58-40(2)42-31-33-44(34-32-42)43-25-18-28-48(36-35-43)59-54-49(45-21-10-5-11-22-45)37-38-51-50-29-16-17-30-52(50)56(3,53(51)54)47-26-14-7-15-27-47/h4-27,29-38,59H,1,28H2,2-3H3. The molecule has 0 bridgehead atoms. The van der Waals surface area contributed by atoms with Gasteiger partial charge in [0.25, 0.3) is 0 Å². The summed E-state index contributed by atoms with van der Waals surface area (Å²) in [4.78, 5) is 9.95. The quantitative estimate of drug-likeness (QED) is 0.115. The third kappa shape index (κ3) is 7.35. The van der Waals surface area contributed by atoms with Gasteiger partial charge < -0.3 is 5.32 Å². The highest BCUT2D eigenvalue weighted by atomic mass is 14.9. The predicted octanol–water partition coefficient (Wildman–Crippen LogP) is 14.0. The van der Waals surface area contributed by atoms with Crippen LogP contribution in [0.3, 0.4) is 0 Å². The summed E-state index contributed by atoms with van der Waals surface area (Å²) < 4.78 is 0. The Morgan fingerprint density at radius 1 is 0.559 bits per heavy atom. The summed E-state index contributed by atoms with van der Waals surface area (Å²) in [5, 5.41) is 4.03. The second kappa shape index (κ2) is 16.2. The van der Waals surface area contributed by atoms with E-state index in [1.807, 2.05) is 67.6 Å². The fraction of sp³-hybridized carbons (Fsp3) is 0.0714. The van der Waals surface area contributed by atoms with E-state index in [1.54, 1.807) is 0 Å². The van der Waals surface area contributed by atoms with Gasteiger partial charge in [-0.05, 0) is 75.6 Å². The molecule has 1 unspecified atom stereocenters. The number of fused-ring (bicyclic) bond motifs is 3. The highest BCUT2D eigenvalue weighted by Crippen LogP contribution is 2.57. The molecule has 7 aromatic carbocycles. The molecule has 0 saturated heterocycles. The lowest BCUT2D eigenvalue weighted by Crippen LogP contribution is -2.24. The van der Waals surface area contributed by atoms with Crippen LogP contribution in [0.2, 0.25) is 0 Å². The summed E-state index contributed by atoms with van der Waals surface area (Å²) in [6, 6.07) is 64.0. The topological polar surface area (TPSA) is 36.8 Å². The molecular weight excluding hydrogens is 715 g/mol. The zero-order valence-electron chi connectivity index (χ0n) is 33.4. The third-order valence-electron chi connectivity index (χ3n) is 11.6. The zero-order valence-corrected chi connectivity index (χ0v) is 33.4. The summed E-state index contributed by atoms with van der Waals surface area (Å²) >= 11 is 0. The lowest BCUT2D eigenvalue weighted by atomic mass is 9.73. The molecule has 0 saturated carbocycles. The summed E-state index contributed by atoms with van der Waals surface area (Å²) in [7, 11) is 0. The monoisotopic (exact) mass is 759 g/mol. The van der Waals surface area contributed by atoms with Crippen molar-refractivity contribution in [1.29, 1.82) is 0 Å². The Kier molecular flexibility index (Phi) is 10.3. The molecule has 0 aliphatic heterocycles. The van der Waals surface area contributed by atoms with Crippen molar-refractivity contribution in [1.82, 2.24) is 0 Å². The lowest BCUT2D eigenvalue weighted by molar-refractivity contribution is 0.715. The lowest BCUT2D eigenvalue weighted by Gasteiger charge is -2.31. The summed E-state index contributed by atoms with van der Waals surface area (Å²) in [6.07, 6.45) is 9.74. The van der Waals surface area contributed by atoms with Gasteiger partial charge in [0.05, 0.1) is 11.4 Å². The van der Waals surface area contributed by atoms with Crippen LogP contribution < -0.4 is 5.32 Å². The molecule has 0 amide bonds. The number of amidine groups is 1. The largest absolute Gasteiger partial charge is 0.358 e. The van der Waals surface area contributed by atoms with Crippen LogP contribution in [0.15, 0.2) is 229 Å². The number of benzene rings is 7. The molecule has 0 aromatic heterocycles. The van der Waals surface area contributed by atoms with Crippen molar-refractivity contribution < 1.29 is 0 Å². The molecule has 0 heterocycles. The molecular formula is C56H45N3. The maximum atomic E-state index is 5.05. The molecule has 3 heteroatoms. The second-order valence-corrected chi connectivity index (χ2v) is 15.2. The van der Waals surface area contributed by atoms with Gasteiger partial charge >= 0.3 is 0 Å². The van der Waals surface area contributed by atoms with Crippen LogP contribution in [0, 0.1) is 0 Å². The Hall–Kier alpha value is -7.36. The fourth-order valence-electron chi connectivity index (χ4n) is 8.46. The van der Waals surface area contributed by atoms with Gasteiger partial charge in [-0.25, -0.2) is 9.98 Å². The molecule has 2 aliphatic carbocycles. The fourth-order valence-corrected chi connectivity index (χ4v) is 8.46. The third-order valence-corrected chi connectivity index (χ3v) is 11.6. The van der Waals surface area contributed by atoms with E-state index in [0.29, 0.717) is 11.5 Å². The van der Waals surface area contributed by atoms with Crippen LogP contribution in [0.1, 0.15) is 59.2 Å². The molecule has 2 aliphatic rings. The maximum absolute atomic E-state index is 5.05. The molecule has 7 aromatic rings. The van der Waals surface area contributed by atoms with E-state index < -0.39 is 0 Å². The first kappa shape index (κ1) is 37.2. The first-order valence-corrected chi connectivity index (χ1v) is 20.2. The minimum Gasteiger partial charge on any atom is -0.358 e. The van der Waals surface area contributed by atoms with Gasteiger partial charge in [-0.15, -0.1) is 0 Å². The van der Waals surface area contributed by atoms with Crippen LogP contribution in [-0.2, 0) is 5.41 Å². The summed E-state index contributed by atoms with van der Waals surface area (Å²) in [5.41, 5.74) is 17.6. The highest BCUT2D eigenvalue weighted by Gasteiger charge is 2.43. The minimum atomic E-state index is -0.352. The van der Waals surface area contributed by atoms with Gasteiger partial charge in [0.1, 0.15) is 0 Å². The van der Waals surface area contributed by atoms with Crippen molar-refractivity contribution in [2.75, 3.05) is 5.32 Å². The second-order valence-electron chi connectivity index (χ2n) is 15.2. The number of allylic oxidation sites excluding steroid dienone is 5. The highest BCUT2D eigenvalue weighted by molar-refractivity contribution is 6.12. The molecule has 0 spiro atoms. The first-order chi connectivity index (χ1) is 29.0. The molecule has 9 rings (SSSR count). The zero-order chi connectivity index (χ0) is 40.2. The molecule has 0 radical (unpaired) electrons. The van der Waals surface area contributed by atoms with Crippen LogP contribution in [0.5, 0.6) is 0 Å². The molecule has 0 fully saturated rings. The van der Waals surface area contributed by atoms with Crippen LogP contribution in [0.25, 0.3) is 33.5 Å². The van der Waals surface area contributed by atoms with Crippen LogP contribution >= 0.6 is 0 Å². The number of nitrogens with zero attached hydrogens (tertiary/aromatic N) is 2. The molecule has 3 nitrogen and oxygen atoms in total. The van der Waals surface area contributed by atoms with E-state index in [-0.39, 0.29) is 5.41 Å². The van der Waals surface area contributed by atoms with Crippen molar-refractivity contribution >= 4 is 28.5 Å². The van der Waals surface area contributed by atoms with Crippen molar-refractivity contribution in [2.45, 2.75) is 25.7 Å². The van der Waals surface area contributed by atoms with Gasteiger partial charge in [-0.3, -0.25) is 0 Å². The van der Waals surface area contributed by atoms with Gasteiger partial charge in [0.15, 0.2) is 5.84 Å². The Balaban J connectivity index is 1.05. The molecule has 1 atom stereocenters. The van der Waals surface area contributed by atoms with Gasteiger partial charge in [-0.2, -0.15) is 0 Å². The normalized spacial score (nSPS) is 16.0. The Labute approximate surface area is 347 Å². The predicted molar refractivity (Wildman–Crippen MR) is 250 cm³/mol. The number of rotatable bonds is 9. The van der Waals surface area contributed by atoms with Crippen molar-refractivity contribution in [3.8, 4) is 22.3 Å². The van der Waals surface area contributed by atoms with Crippen molar-refractivity contribution in [3.05, 3.63) is 258 Å². The average molecular weight is 760 g/mol. The Morgan fingerprint density at radius 3 is 1.88 bits per heavy atom. The van der Waals surface area contributed by atoms with Crippen molar-refractivity contribution in [2.24, 2.45) is 9.98 Å². The molecule has 1 N–H and O–H groups in total. The molecule has 59 heavy (non-hydrogen) atoms. The van der Waals surface area contributed by atoms with E-state index in [9.17, 15) is 0 Å². The van der Waals surface area contributed by atoms with E-state index in [0.717, 1.165) is 51.3 Å². The molecule has 284 valence electrons. The average Bonchev–Trinajstić information content (AvgIpc) is 3.39. The van der Waals surface area contributed by atoms with Gasteiger partial charge in [0, 0.05) is 34.4 Å². The SMILES string of the molecule is C=C(N=C(N=C(C)c1ccc(C2=CC=C(Nc3c(-c4ccccc4)ccc4c3C(C)(c3ccccc3)c3ccccc3-4)CC=C2)cc1)c1ccccc1)c1ccccc1. The van der Waals surface area contributed by atoms with E-state index in [1.165, 1.54) is 38.9 Å². The maximum Gasteiger partial charge on any atom is 0.160 e. The van der Waals surface area contributed by atoms with E-state index in [4.69, 9.17) is 9.98 Å². The minimum absolute atomic E-state index is 0.352. The summed E-state index contributed by atoms with van der Waals surface area (Å²) in [6.45, 7) is 8.68. The van der Waals surface area contributed by atoms with Gasteiger partial charge in [0.2, 0.25) is 0 Å². The number of hydrogen-bond acceptors (Lipinski definition) is 2. The Bertz CT molecular complexity index is 2810. The van der Waals surface area contributed by atoms with E-state index >= 15 is 0 Å². The van der Waals surface area contributed by atoms with Gasteiger partial charge in [-0.1, -0.05) is 207 Å². The number of nitrogens with one attached hydrogen (secondary N) is 1. The summed E-state index contributed by atoms with van der Waals surface area (Å²) in [5.74, 6) is 0.632. The van der Waals surface area contributed by atoms with Crippen LogP contribution in [0.4, 0.5) is 5.69 Å². The van der Waals surface area contributed by atoms with Crippen molar-refractivity contribution in [3.63, 3.8) is 0 Å². The Morgan fingerprint density at radius 2 is 1.17 bits per heavy atom. The number of hydrogen-bond donors (Lipinski definition) is 1. The van der Waals surface area contributed by atoms with E-state index in [2.05, 4.69) is 164 Å².